The van der Waals surface area contributed by atoms with Crippen molar-refractivity contribution < 1.29 is 9.18 Å². The lowest BCUT2D eigenvalue weighted by Crippen LogP contribution is -2.17. The molecule has 0 unspecified atom stereocenters. The summed E-state index contributed by atoms with van der Waals surface area (Å²) in [6.45, 7) is 0. The molecule has 30 heavy (non-hydrogen) atoms. The van der Waals surface area contributed by atoms with Gasteiger partial charge in [-0.3, -0.25) is 4.79 Å². The van der Waals surface area contributed by atoms with E-state index in [1.807, 2.05) is 42.6 Å². The van der Waals surface area contributed by atoms with E-state index in [2.05, 4.69) is 31.6 Å². The first-order valence-corrected chi connectivity index (χ1v) is 9.89. The van der Waals surface area contributed by atoms with Crippen molar-refractivity contribution in [2.24, 2.45) is 5.10 Å². The number of aromatic nitrogens is 2. The van der Waals surface area contributed by atoms with Crippen LogP contribution >= 0.6 is 15.9 Å². The molecule has 0 atom stereocenters. The molecule has 0 fully saturated rings. The van der Waals surface area contributed by atoms with Gasteiger partial charge in [0.1, 0.15) is 11.5 Å². The number of rotatable bonds is 5. The van der Waals surface area contributed by atoms with Gasteiger partial charge in [0.25, 0.3) is 5.91 Å². The summed E-state index contributed by atoms with van der Waals surface area (Å²) < 4.78 is 15.9. The van der Waals surface area contributed by atoms with Gasteiger partial charge in [-0.15, -0.1) is 0 Å². The standard InChI is InChI=1S/C23H16BrFN4O/c24-19-6-4-5-17(13-19)23(30)27-26-14-18-15-29(21-7-2-1-3-8-21)28-22(18)16-9-11-20(25)12-10-16/h1-15H,(H,27,30)/b26-14-. The molecule has 0 radical (unpaired) electrons. The van der Waals surface area contributed by atoms with Crippen LogP contribution in [-0.4, -0.2) is 21.9 Å². The first-order valence-electron chi connectivity index (χ1n) is 9.10. The van der Waals surface area contributed by atoms with Crippen molar-refractivity contribution in [2.45, 2.75) is 0 Å². The molecular formula is C23H16BrFN4O. The van der Waals surface area contributed by atoms with E-state index in [-0.39, 0.29) is 11.7 Å². The maximum Gasteiger partial charge on any atom is 0.271 e. The third-order valence-corrected chi connectivity index (χ3v) is 4.83. The SMILES string of the molecule is O=C(N/N=C\c1cn(-c2ccccc2)nc1-c1ccc(F)cc1)c1cccc(Br)c1. The van der Waals surface area contributed by atoms with Gasteiger partial charge >= 0.3 is 0 Å². The van der Waals surface area contributed by atoms with E-state index in [1.54, 1.807) is 35.0 Å². The van der Waals surface area contributed by atoms with Gasteiger partial charge in [0.15, 0.2) is 0 Å². The summed E-state index contributed by atoms with van der Waals surface area (Å²) in [5.41, 5.74) is 5.93. The van der Waals surface area contributed by atoms with Crippen molar-refractivity contribution in [3.63, 3.8) is 0 Å². The summed E-state index contributed by atoms with van der Waals surface area (Å²) in [6, 6.07) is 22.7. The van der Waals surface area contributed by atoms with Crippen LogP contribution in [0.1, 0.15) is 15.9 Å². The van der Waals surface area contributed by atoms with Crippen molar-refractivity contribution in [3.8, 4) is 16.9 Å². The van der Waals surface area contributed by atoms with Crippen molar-refractivity contribution in [2.75, 3.05) is 0 Å². The third kappa shape index (κ3) is 4.52. The van der Waals surface area contributed by atoms with E-state index in [0.717, 1.165) is 15.7 Å². The van der Waals surface area contributed by atoms with Crippen molar-refractivity contribution >= 4 is 28.1 Å². The molecule has 0 bridgehead atoms. The molecule has 1 N–H and O–H groups in total. The van der Waals surface area contributed by atoms with Gasteiger partial charge < -0.3 is 0 Å². The second kappa shape index (κ2) is 8.84. The second-order valence-corrected chi connectivity index (χ2v) is 7.35. The van der Waals surface area contributed by atoms with Crippen LogP contribution in [0, 0.1) is 5.82 Å². The fourth-order valence-corrected chi connectivity index (χ4v) is 3.28. The van der Waals surface area contributed by atoms with Crippen LogP contribution in [0.4, 0.5) is 4.39 Å². The largest absolute Gasteiger partial charge is 0.271 e. The first-order chi connectivity index (χ1) is 14.6. The Balaban J connectivity index is 1.64. The quantitative estimate of drug-likeness (QED) is 0.327. The Bertz CT molecular complexity index is 1200. The highest BCUT2D eigenvalue weighted by atomic mass is 79.9. The molecule has 1 amide bonds. The van der Waals surface area contributed by atoms with Crippen LogP contribution in [0.2, 0.25) is 0 Å². The summed E-state index contributed by atoms with van der Waals surface area (Å²) in [7, 11) is 0. The van der Waals surface area contributed by atoms with Gasteiger partial charge in [-0.05, 0) is 54.6 Å². The van der Waals surface area contributed by atoms with Gasteiger partial charge in [0.2, 0.25) is 0 Å². The predicted octanol–water partition coefficient (Wildman–Crippen LogP) is 5.20. The normalized spacial score (nSPS) is 11.0. The molecular weight excluding hydrogens is 447 g/mol. The molecule has 3 aromatic carbocycles. The number of benzene rings is 3. The second-order valence-electron chi connectivity index (χ2n) is 6.43. The molecule has 0 saturated heterocycles. The highest BCUT2D eigenvalue weighted by molar-refractivity contribution is 9.10. The maximum absolute atomic E-state index is 13.4. The lowest BCUT2D eigenvalue weighted by atomic mass is 10.1. The molecule has 0 aliphatic rings. The number of para-hydroxylation sites is 1. The molecule has 0 saturated carbocycles. The Hall–Kier alpha value is -3.58. The average molecular weight is 463 g/mol. The summed E-state index contributed by atoms with van der Waals surface area (Å²) >= 11 is 3.34. The van der Waals surface area contributed by atoms with Crippen LogP contribution in [0.3, 0.4) is 0 Å². The molecule has 1 heterocycles. The van der Waals surface area contributed by atoms with Crippen LogP contribution < -0.4 is 5.43 Å². The minimum Gasteiger partial charge on any atom is -0.267 e. The van der Waals surface area contributed by atoms with E-state index in [0.29, 0.717) is 16.8 Å². The summed E-state index contributed by atoms with van der Waals surface area (Å²) in [4.78, 5) is 12.3. The number of hydrazone groups is 1. The lowest BCUT2D eigenvalue weighted by Gasteiger charge is -2.01. The number of hydrogen-bond acceptors (Lipinski definition) is 3. The van der Waals surface area contributed by atoms with Crippen molar-refractivity contribution in [1.29, 1.82) is 0 Å². The van der Waals surface area contributed by atoms with Gasteiger partial charge in [0.05, 0.1) is 11.9 Å². The summed E-state index contributed by atoms with van der Waals surface area (Å²) in [5, 5.41) is 8.72. The van der Waals surface area contributed by atoms with Crippen LogP contribution in [0.25, 0.3) is 16.9 Å². The number of halogens is 2. The Morgan fingerprint density at radius 2 is 1.80 bits per heavy atom. The fourth-order valence-electron chi connectivity index (χ4n) is 2.88. The van der Waals surface area contributed by atoms with Crippen LogP contribution in [-0.2, 0) is 0 Å². The van der Waals surface area contributed by atoms with Crippen molar-refractivity contribution in [3.05, 3.63) is 106 Å². The van der Waals surface area contributed by atoms with E-state index < -0.39 is 0 Å². The number of amides is 1. The van der Waals surface area contributed by atoms with E-state index in [1.165, 1.54) is 18.3 Å². The van der Waals surface area contributed by atoms with Gasteiger partial charge in [-0.25, -0.2) is 14.5 Å². The molecule has 1 aromatic heterocycles. The Labute approximate surface area is 181 Å². The number of nitrogens with zero attached hydrogens (tertiary/aromatic N) is 3. The van der Waals surface area contributed by atoms with Crippen molar-refractivity contribution in [1.82, 2.24) is 15.2 Å². The summed E-state index contributed by atoms with van der Waals surface area (Å²) in [5.74, 6) is -0.649. The van der Waals surface area contributed by atoms with E-state index in [9.17, 15) is 9.18 Å². The molecule has 7 heteroatoms. The van der Waals surface area contributed by atoms with Gasteiger partial charge in [0, 0.05) is 27.4 Å². The molecule has 5 nitrogen and oxygen atoms in total. The molecule has 148 valence electrons. The highest BCUT2D eigenvalue weighted by Gasteiger charge is 2.12. The fraction of sp³-hybridized carbons (Fsp3) is 0. The Kier molecular flexibility index (Phi) is 5.81. The van der Waals surface area contributed by atoms with E-state index in [4.69, 9.17) is 0 Å². The summed E-state index contributed by atoms with van der Waals surface area (Å²) in [6.07, 6.45) is 3.34. The predicted molar refractivity (Wildman–Crippen MR) is 118 cm³/mol. The monoisotopic (exact) mass is 462 g/mol. The minimum atomic E-state index is -0.327. The number of hydrogen-bond donors (Lipinski definition) is 1. The first kappa shape index (κ1) is 19.7. The topological polar surface area (TPSA) is 59.3 Å². The smallest absolute Gasteiger partial charge is 0.267 e. The third-order valence-electron chi connectivity index (χ3n) is 4.34. The Morgan fingerprint density at radius 3 is 2.53 bits per heavy atom. The Morgan fingerprint density at radius 1 is 1.03 bits per heavy atom. The lowest BCUT2D eigenvalue weighted by molar-refractivity contribution is 0.0955. The van der Waals surface area contributed by atoms with Crippen LogP contribution in [0.15, 0.2) is 94.6 Å². The molecule has 4 aromatic rings. The van der Waals surface area contributed by atoms with Gasteiger partial charge in [-0.1, -0.05) is 40.2 Å². The number of nitrogens with one attached hydrogen (secondary N) is 1. The zero-order chi connectivity index (χ0) is 20.9. The molecule has 0 aliphatic carbocycles. The molecule has 0 spiro atoms. The zero-order valence-electron chi connectivity index (χ0n) is 15.7. The number of carbonyl (C=O) groups excluding carboxylic acids is 1. The average Bonchev–Trinajstić information content (AvgIpc) is 3.19. The zero-order valence-corrected chi connectivity index (χ0v) is 17.3. The number of carbonyl (C=O) groups is 1. The minimum absolute atomic E-state index is 0.322. The highest BCUT2D eigenvalue weighted by Crippen LogP contribution is 2.23. The van der Waals surface area contributed by atoms with E-state index >= 15 is 0 Å². The molecule has 0 aliphatic heterocycles. The van der Waals surface area contributed by atoms with Crippen LogP contribution in [0.5, 0.6) is 0 Å². The maximum atomic E-state index is 13.4. The molecule has 4 rings (SSSR count). The van der Waals surface area contributed by atoms with Gasteiger partial charge in [-0.2, -0.15) is 10.2 Å².